The van der Waals surface area contributed by atoms with Crippen LogP contribution in [0.3, 0.4) is 0 Å². The summed E-state index contributed by atoms with van der Waals surface area (Å²) < 4.78 is 25.3. The van der Waals surface area contributed by atoms with Crippen LogP contribution in [-0.4, -0.2) is 17.0 Å². The average Bonchev–Trinajstić information content (AvgIpc) is 2.67. The molecular formula is C22H21FN2O3. The van der Waals surface area contributed by atoms with Crippen LogP contribution in [0.25, 0.3) is 0 Å². The second-order valence-electron chi connectivity index (χ2n) is 6.41. The third-order valence-electron chi connectivity index (χ3n) is 3.77. The van der Waals surface area contributed by atoms with Gasteiger partial charge < -0.3 is 14.8 Å². The Morgan fingerprint density at radius 3 is 2.54 bits per heavy atom. The van der Waals surface area contributed by atoms with E-state index in [4.69, 9.17) is 9.47 Å². The number of carbonyl (C=O) groups is 1. The van der Waals surface area contributed by atoms with E-state index in [1.165, 1.54) is 6.07 Å². The smallest absolute Gasteiger partial charge is 0.257 e. The molecule has 1 aromatic heterocycles. The van der Waals surface area contributed by atoms with Crippen LogP contribution < -0.4 is 14.8 Å². The van der Waals surface area contributed by atoms with Crippen LogP contribution in [-0.2, 0) is 6.61 Å². The molecule has 0 unspecified atom stereocenters. The predicted molar refractivity (Wildman–Crippen MR) is 105 cm³/mol. The molecule has 0 aliphatic carbocycles. The molecule has 1 heterocycles. The number of amides is 1. The molecule has 0 saturated heterocycles. The van der Waals surface area contributed by atoms with E-state index in [1.807, 2.05) is 13.8 Å². The molecular weight excluding hydrogens is 359 g/mol. The number of halogens is 1. The van der Waals surface area contributed by atoms with Gasteiger partial charge in [0.15, 0.2) is 0 Å². The number of hydrogen-bond acceptors (Lipinski definition) is 4. The van der Waals surface area contributed by atoms with Gasteiger partial charge in [-0.15, -0.1) is 0 Å². The first-order valence-corrected chi connectivity index (χ1v) is 8.91. The molecule has 1 N–H and O–H groups in total. The number of rotatable bonds is 7. The number of benzene rings is 2. The maximum atomic E-state index is 13.8. The zero-order valence-corrected chi connectivity index (χ0v) is 15.7. The number of pyridine rings is 1. The molecule has 28 heavy (non-hydrogen) atoms. The number of nitrogens with one attached hydrogen (secondary N) is 1. The fourth-order valence-electron chi connectivity index (χ4n) is 2.53. The number of anilines is 1. The first-order chi connectivity index (χ1) is 13.5. The largest absolute Gasteiger partial charge is 0.491 e. The van der Waals surface area contributed by atoms with Gasteiger partial charge in [-0.1, -0.05) is 24.3 Å². The van der Waals surface area contributed by atoms with Crippen molar-refractivity contribution >= 4 is 11.7 Å². The maximum absolute atomic E-state index is 13.8. The first-order valence-electron chi connectivity index (χ1n) is 8.91. The van der Waals surface area contributed by atoms with Crippen molar-refractivity contribution in [1.82, 2.24) is 4.98 Å². The van der Waals surface area contributed by atoms with Gasteiger partial charge in [-0.2, -0.15) is 0 Å². The first kappa shape index (κ1) is 19.4. The van der Waals surface area contributed by atoms with Gasteiger partial charge in [-0.25, -0.2) is 9.37 Å². The highest BCUT2D eigenvalue weighted by atomic mass is 19.1. The van der Waals surface area contributed by atoms with Gasteiger partial charge in [-0.3, -0.25) is 4.79 Å². The minimum Gasteiger partial charge on any atom is -0.491 e. The molecule has 0 bridgehead atoms. The van der Waals surface area contributed by atoms with Crippen molar-refractivity contribution in [2.45, 2.75) is 26.6 Å². The summed E-state index contributed by atoms with van der Waals surface area (Å²) in [6, 6.07) is 16.5. The summed E-state index contributed by atoms with van der Waals surface area (Å²) in [5, 5.41) is 2.73. The molecule has 2 aromatic carbocycles. The highest BCUT2D eigenvalue weighted by molar-refractivity contribution is 6.04. The summed E-state index contributed by atoms with van der Waals surface area (Å²) >= 11 is 0. The van der Waals surface area contributed by atoms with Gasteiger partial charge in [0.05, 0.1) is 6.10 Å². The Kier molecular flexibility index (Phi) is 6.22. The topological polar surface area (TPSA) is 60.5 Å². The summed E-state index contributed by atoms with van der Waals surface area (Å²) in [4.78, 5) is 16.7. The Morgan fingerprint density at radius 2 is 1.82 bits per heavy atom. The lowest BCUT2D eigenvalue weighted by molar-refractivity contribution is 0.102. The van der Waals surface area contributed by atoms with E-state index in [1.54, 1.807) is 60.8 Å². The maximum Gasteiger partial charge on any atom is 0.257 e. The Labute approximate surface area is 163 Å². The molecule has 1 amide bonds. The van der Waals surface area contributed by atoms with Gasteiger partial charge >= 0.3 is 0 Å². The normalized spacial score (nSPS) is 10.6. The van der Waals surface area contributed by atoms with Crippen molar-refractivity contribution < 1.29 is 18.7 Å². The lowest BCUT2D eigenvalue weighted by Gasteiger charge is -2.14. The van der Waals surface area contributed by atoms with E-state index >= 15 is 0 Å². The molecule has 0 spiro atoms. The molecule has 0 aliphatic heterocycles. The van der Waals surface area contributed by atoms with E-state index in [0.717, 1.165) is 0 Å². The Morgan fingerprint density at radius 1 is 1.07 bits per heavy atom. The second-order valence-corrected chi connectivity index (χ2v) is 6.41. The van der Waals surface area contributed by atoms with E-state index in [-0.39, 0.29) is 24.4 Å². The molecule has 3 aromatic rings. The molecule has 3 rings (SSSR count). The Balaban J connectivity index is 1.82. The minimum absolute atomic E-state index is 0.0408. The molecule has 0 aliphatic rings. The van der Waals surface area contributed by atoms with Gasteiger partial charge in [-0.05, 0) is 44.2 Å². The molecule has 0 radical (unpaired) electrons. The third kappa shape index (κ3) is 5.30. The summed E-state index contributed by atoms with van der Waals surface area (Å²) in [7, 11) is 0. The zero-order valence-electron chi connectivity index (χ0n) is 15.7. The van der Waals surface area contributed by atoms with Crippen LogP contribution in [0.1, 0.15) is 29.8 Å². The van der Waals surface area contributed by atoms with Crippen LogP contribution >= 0.6 is 0 Å². The quantitative estimate of drug-likeness (QED) is 0.637. The molecule has 5 nitrogen and oxygen atoms in total. The number of nitrogens with zero attached hydrogens (tertiary/aromatic N) is 1. The van der Waals surface area contributed by atoms with E-state index in [2.05, 4.69) is 10.3 Å². The molecule has 0 saturated carbocycles. The molecule has 144 valence electrons. The van der Waals surface area contributed by atoms with Gasteiger partial charge in [0.1, 0.15) is 29.7 Å². The zero-order chi connectivity index (χ0) is 19.9. The lowest BCUT2D eigenvalue weighted by Crippen LogP contribution is -2.14. The monoisotopic (exact) mass is 380 g/mol. The summed E-state index contributed by atoms with van der Waals surface area (Å²) in [6.45, 7) is 3.82. The van der Waals surface area contributed by atoms with Gasteiger partial charge in [0.25, 0.3) is 5.91 Å². The van der Waals surface area contributed by atoms with Crippen molar-refractivity contribution in [3.8, 4) is 11.5 Å². The van der Waals surface area contributed by atoms with Crippen LogP contribution in [0.15, 0.2) is 66.9 Å². The minimum atomic E-state index is -0.344. The summed E-state index contributed by atoms with van der Waals surface area (Å²) in [5.41, 5.74) is 0.782. The van der Waals surface area contributed by atoms with Gasteiger partial charge in [0, 0.05) is 23.4 Å². The van der Waals surface area contributed by atoms with E-state index < -0.39 is 0 Å². The average molecular weight is 380 g/mol. The van der Waals surface area contributed by atoms with Crippen molar-refractivity contribution in [2.24, 2.45) is 0 Å². The third-order valence-corrected chi connectivity index (χ3v) is 3.77. The highest BCUT2D eigenvalue weighted by Crippen LogP contribution is 2.25. The van der Waals surface area contributed by atoms with Crippen molar-refractivity contribution in [3.05, 3.63) is 83.8 Å². The number of hydrogen-bond donors (Lipinski definition) is 1. The number of aromatic nitrogens is 1. The van der Waals surface area contributed by atoms with E-state index in [9.17, 15) is 9.18 Å². The Bertz CT molecular complexity index is 946. The van der Waals surface area contributed by atoms with Gasteiger partial charge in [0.2, 0.25) is 0 Å². The van der Waals surface area contributed by atoms with Crippen LogP contribution in [0, 0.1) is 5.82 Å². The van der Waals surface area contributed by atoms with Crippen molar-refractivity contribution in [2.75, 3.05) is 5.32 Å². The fraction of sp³-hybridized carbons (Fsp3) is 0.182. The highest BCUT2D eigenvalue weighted by Gasteiger charge is 2.13. The summed E-state index contributed by atoms with van der Waals surface area (Å²) in [6.07, 6.45) is 1.52. The summed E-state index contributed by atoms with van der Waals surface area (Å²) in [5.74, 6) is 0.658. The number of ether oxygens (including phenoxy) is 2. The molecule has 6 heteroatoms. The van der Waals surface area contributed by atoms with Crippen molar-refractivity contribution in [1.29, 1.82) is 0 Å². The second kappa shape index (κ2) is 8.99. The Hall–Kier alpha value is -3.41. The number of carbonyl (C=O) groups excluding carboxylic acids is 1. The van der Waals surface area contributed by atoms with Crippen LogP contribution in [0.5, 0.6) is 11.5 Å². The van der Waals surface area contributed by atoms with Crippen molar-refractivity contribution in [3.63, 3.8) is 0 Å². The lowest BCUT2D eigenvalue weighted by atomic mass is 10.1. The SMILES string of the molecule is CC(C)Oc1cc(OCc2ccccc2F)cc(C(=O)Nc2ccccn2)c1. The molecule has 0 fully saturated rings. The standard InChI is InChI=1S/C22H21FN2O3/c1-15(2)28-19-12-17(22(26)25-21-9-5-6-10-24-21)11-18(13-19)27-14-16-7-3-4-8-20(16)23/h3-13,15H,14H2,1-2H3,(H,24,25,26). The fourth-order valence-corrected chi connectivity index (χ4v) is 2.53. The van der Waals surface area contributed by atoms with Crippen LogP contribution in [0.2, 0.25) is 0 Å². The molecule has 0 atom stereocenters. The predicted octanol–water partition coefficient (Wildman–Crippen LogP) is 4.84. The van der Waals surface area contributed by atoms with Crippen LogP contribution in [0.4, 0.5) is 10.2 Å². The van der Waals surface area contributed by atoms with E-state index in [0.29, 0.717) is 28.4 Å².